The Morgan fingerprint density at radius 1 is 1.00 bits per heavy atom. The minimum atomic E-state index is 0.594. The number of fused-ring (bicyclic) bond motifs is 1. The topological polar surface area (TPSA) is 0 Å². The maximum Gasteiger partial charge on any atom is 0.00483 e. The van der Waals surface area contributed by atoms with Crippen LogP contribution in [0.3, 0.4) is 0 Å². The molecular weight excluding hydrogens is 204 g/mol. The summed E-state index contributed by atoms with van der Waals surface area (Å²) in [5.74, 6) is 0.594. The monoisotopic (exact) mass is 228 g/mol. The zero-order chi connectivity index (χ0) is 12.7. The maximum atomic E-state index is 4.20. The maximum absolute atomic E-state index is 4.20. The second-order valence-electron chi connectivity index (χ2n) is 5.68. The van der Waals surface area contributed by atoms with E-state index in [0.717, 1.165) is 0 Å². The van der Waals surface area contributed by atoms with Gasteiger partial charge in [0.1, 0.15) is 0 Å². The SMILES string of the molecule is C=C(C)C1CCCc2c(C)c(C)c(C)c(C)c21. The molecule has 0 nitrogen and oxygen atoms in total. The van der Waals surface area contributed by atoms with Gasteiger partial charge in [-0.15, -0.1) is 0 Å². The Bertz CT molecular complexity index is 478. The third-order valence-electron chi connectivity index (χ3n) is 4.73. The summed E-state index contributed by atoms with van der Waals surface area (Å²) >= 11 is 0. The molecule has 0 heteroatoms. The van der Waals surface area contributed by atoms with Gasteiger partial charge in [-0.25, -0.2) is 0 Å². The van der Waals surface area contributed by atoms with Gasteiger partial charge in [0.05, 0.1) is 0 Å². The Morgan fingerprint density at radius 2 is 1.59 bits per heavy atom. The summed E-state index contributed by atoms with van der Waals surface area (Å²) in [6, 6.07) is 0. The van der Waals surface area contributed by atoms with Gasteiger partial charge in [0.2, 0.25) is 0 Å². The van der Waals surface area contributed by atoms with E-state index < -0.39 is 0 Å². The lowest BCUT2D eigenvalue weighted by Crippen LogP contribution is -2.16. The summed E-state index contributed by atoms with van der Waals surface area (Å²) in [4.78, 5) is 0. The molecule has 1 aliphatic carbocycles. The molecule has 0 amide bonds. The molecule has 0 spiro atoms. The number of rotatable bonds is 1. The van der Waals surface area contributed by atoms with Gasteiger partial charge in [-0.2, -0.15) is 0 Å². The van der Waals surface area contributed by atoms with Gasteiger partial charge >= 0.3 is 0 Å². The van der Waals surface area contributed by atoms with E-state index in [1.807, 2.05) is 0 Å². The molecule has 1 aliphatic rings. The molecule has 0 fully saturated rings. The van der Waals surface area contributed by atoms with Crippen molar-refractivity contribution in [1.29, 1.82) is 0 Å². The molecule has 0 aromatic heterocycles. The first-order valence-electron chi connectivity index (χ1n) is 6.69. The van der Waals surface area contributed by atoms with Crippen molar-refractivity contribution >= 4 is 0 Å². The average molecular weight is 228 g/mol. The Balaban J connectivity index is 2.73. The van der Waals surface area contributed by atoms with E-state index in [9.17, 15) is 0 Å². The highest BCUT2D eigenvalue weighted by atomic mass is 14.3. The quantitative estimate of drug-likeness (QED) is 0.599. The number of hydrogen-bond acceptors (Lipinski definition) is 0. The van der Waals surface area contributed by atoms with E-state index in [2.05, 4.69) is 41.2 Å². The highest BCUT2D eigenvalue weighted by Crippen LogP contribution is 2.41. The molecule has 0 bridgehead atoms. The van der Waals surface area contributed by atoms with Crippen LogP contribution in [0, 0.1) is 27.7 Å². The van der Waals surface area contributed by atoms with Crippen molar-refractivity contribution in [3.8, 4) is 0 Å². The normalized spacial score (nSPS) is 19.0. The summed E-state index contributed by atoms with van der Waals surface area (Å²) in [6.07, 6.45) is 3.85. The first-order valence-corrected chi connectivity index (χ1v) is 6.69. The van der Waals surface area contributed by atoms with Crippen molar-refractivity contribution in [2.45, 2.75) is 59.8 Å². The van der Waals surface area contributed by atoms with Gasteiger partial charge in [-0.05, 0) is 87.3 Å². The van der Waals surface area contributed by atoms with Crippen LogP contribution in [0.5, 0.6) is 0 Å². The third kappa shape index (κ3) is 1.84. The first kappa shape index (κ1) is 12.4. The second-order valence-corrected chi connectivity index (χ2v) is 5.68. The van der Waals surface area contributed by atoms with Gasteiger partial charge < -0.3 is 0 Å². The summed E-state index contributed by atoms with van der Waals surface area (Å²) in [5, 5.41) is 0. The largest absolute Gasteiger partial charge is 0.0995 e. The number of allylic oxidation sites excluding steroid dienone is 1. The molecule has 0 radical (unpaired) electrons. The van der Waals surface area contributed by atoms with Crippen LogP contribution in [0.15, 0.2) is 12.2 Å². The van der Waals surface area contributed by atoms with E-state index in [1.54, 1.807) is 11.1 Å². The molecular formula is C17H24. The Morgan fingerprint density at radius 3 is 2.18 bits per heavy atom. The van der Waals surface area contributed by atoms with Crippen LogP contribution in [-0.4, -0.2) is 0 Å². The molecule has 0 heterocycles. The predicted octanol–water partition coefficient (Wildman–Crippen LogP) is 4.92. The number of hydrogen-bond donors (Lipinski definition) is 0. The van der Waals surface area contributed by atoms with Crippen LogP contribution in [-0.2, 0) is 6.42 Å². The number of benzene rings is 1. The van der Waals surface area contributed by atoms with Gasteiger partial charge in [0, 0.05) is 5.92 Å². The minimum Gasteiger partial charge on any atom is -0.0995 e. The second kappa shape index (κ2) is 4.33. The summed E-state index contributed by atoms with van der Waals surface area (Å²) in [6.45, 7) is 15.5. The van der Waals surface area contributed by atoms with Crippen LogP contribution in [0.4, 0.5) is 0 Å². The zero-order valence-corrected chi connectivity index (χ0v) is 11.9. The van der Waals surface area contributed by atoms with E-state index in [0.29, 0.717) is 5.92 Å². The Labute approximate surface area is 106 Å². The van der Waals surface area contributed by atoms with Crippen molar-refractivity contribution in [1.82, 2.24) is 0 Å². The molecule has 0 saturated carbocycles. The molecule has 92 valence electrons. The molecule has 1 aromatic carbocycles. The van der Waals surface area contributed by atoms with E-state index >= 15 is 0 Å². The van der Waals surface area contributed by atoms with Crippen molar-refractivity contribution in [3.63, 3.8) is 0 Å². The van der Waals surface area contributed by atoms with Crippen molar-refractivity contribution in [2.24, 2.45) is 0 Å². The fraction of sp³-hybridized carbons (Fsp3) is 0.529. The summed E-state index contributed by atoms with van der Waals surface area (Å²) in [7, 11) is 0. The molecule has 0 aliphatic heterocycles. The van der Waals surface area contributed by atoms with Crippen LogP contribution in [0.2, 0.25) is 0 Å². The highest BCUT2D eigenvalue weighted by Gasteiger charge is 2.25. The Kier molecular flexibility index (Phi) is 3.16. The van der Waals surface area contributed by atoms with Crippen molar-refractivity contribution in [2.75, 3.05) is 0 Å². The van der Waals surface area contributed by atoms with E-state index in [1.165, 1.54) is 47.1 Å². The molecule has 1 aromatic rings. The molecule has 1 atom stereocenters. The zero-order valence-electron chi connectivity index (χ0n) is 11.9. The molecule has 17 heavy (non-hydrogen) atoms. The van der Waals surface area contributed by atoms with Gasteiger partial charge in [-0.3, -0.25) is 0 Å². The van der Waals surface area contributed by atoms with Crippen LogP contribution < -0.4 is 0 Å². The lowest BCUT2D eigenvalue weighted by molar-refractivity contribution is 0.601. The Hall–Kier alpha value is -1.04. The van der Waals surface area contributed by atoms with Crippen molar-refractivity contribution < 1.29 is 0 Å². The summed E-state index contributed by atoms with van der Waals surface area (Å²) in [5.41, 5.74) is 10.5. The van der Waals surface area contributed by atoms with Gasteiger partial charge in [0.25, 0.3) is 0 Å². The van der Waals surface area contributed by atoms with Crippen LogP contribution in [0.25, 0.3) is 0 Å². The molecule has 1 unspecified atom stereocenters. The van der Waals surface area contributed by atoms with Gasteiger partial charge in [0.15, 0.2) is 0 Å². The lowest BCUT2D eigenvalue weighted by atomic mass is 9.73. The average Bonchev–Trinajstić information content (AvgIpc) is 2.32. The third-order valence-corrected chi connectivity index (χ3v) is 4.73. The molecule has 0 N–H and O–H groups in total. The standard InChI is InChI=1S/C17H24/c1-10(2)15-8-7-9-16-13(5)11(3)12(4)14(6)17(15)16/h15H,1,7-9H2,2-6H3. The minimum absolute atomic E-state index is 0.594. The molecule has 2 rings (SSSR count). The van der Waals surface area contributed by atoms with Crippen LogP contribution in [0.1, 0.15) is 59.1 Å². The molecule has 0 saturated heterocycles. The fourth-order valence-electron chi connectivity index (χ4n) is 3.33. The fourth-order valence-corrected chi connectivity index (χ4v) is 3.33. The summed E-state index contributed by atoms with van der Waals surface area (Å²) < 4.78 is 0. The van der Waals surface area contributed by atoms with E-state index in [-0.39, 0.29) is 0 Å². The first-order chi connectivity index (χ1) is 7.95. The highest BCUT2D eigenvalue weighted by molar-refractivity contribution is 5.54. The smallest absolute Gasteiger partial charge is 0.00483 e. The van der Waals surface area contributed by atoms with E-state index in [4.69, 9.17) is 0 Å². The van der Waals surface area contributed by atoms with Crippen LogP contribution >= 0.6 is 0 Å². The predicted molar refractivity (Wildman–Crippen MR) is 75.9 cm³/mol. The lowest BCUT2D eigenvalue weighted by Gasteiger charge is -2.31. The van der Waals surface area contributed by atoms with Gasteiger partial charge in [-0.1, -0.05) is 12.2 Å². The van der Waals surface area contributed by atoms with Crippen molar-refractivity contribution in [3.05, 3.63) is 45.5 Å².